The molecule has 0 N–H and O–H groups in total. The Balaban J connectivity index is 1.93. The van der Waals surface area contributed by atoms with E-state index in [2.05, 4.69) is 24.1 Å². The molecular weight excluding hydrogens is 236 g/mol. The number of methoxy groups -OCH3 is 1. The van der Waals surface area contributed by atoms with E-state index in [1.807, 2.05) is 12.1 Å². The molecule has 1 fully saturated rings. The molecule has 3 nitrogen and oxygen atoms in total. The van der Waals surface area contributed by atoms with Gasteiger partial charge in [-0.05, 0) is 49.7 Å². The summed E-state index contributed by atoms with van der Waals surface area (Å²) in [5, 5.41) is 0. The molecule has 0 aromatic heterocycles. The Bertz CT molecular complexity index is 472. The van der Waals surface area contributed by atoms with Crippen LogP contribution in [0.5, 0.6) is 5.75 Å². The minimum atomic E-state index is 0.187. The highest BCUT2D eigenvalue weighted by Crippen LogP contribution is 2.39. The molecule has 1 saturated carbocycles. The van der Waals surface area contributed by atoms with Crippen LogP contribution in [0.2, 0.25) is 0 Å². The van der Waals surface area contributed by atoms with Crippen LogP contribution in [0.25, 0.3) is 0 Å². The third-order valence-corrected chi connectivity index (χ3v) is 4.66. The average molecular weight is 258 g/mol. The lowest BCUT2D eigenvalue weighted by molar-refractivity contribution is 0.163. The highest BCUT2D eigenvalue weighted by atomic mass is 16.5. The van der Waals surface area contributed by atoms with Gasteiger partial charge in [-0.25, -0.2) is 0 Å². The molecule has 0 unspecified atom stereocenters. The number of hydrogen-bond acceptors (Lipinski definition) is 3. The highest BCUT2D eigenvalue weighted by Gasteiger charge is 2.44. The maximum absolute atomic E-state index is 5.24. The minimum absolute atomic E-state index is 0.187. The predicted octanol–water partition coefficient (Wildman–Crippen LogP) is 3.09. The minimum Gasteiger partial charge on any atom is -0.497 e. The van der Waals surface area contributed by atoms with Gasteiger partial charge in [0.1, 0.15) is 5.75 Å². The molecule has 102 valence electrons. The van der Waals surface area contributed by atoms with Gasteiger partial charge in [-0.3, -0.25) is 9.89 Å². The number of hydrogen-bond donors (Lipinski definition) is 0. The van der Waals surface area contributed by atoms with Crippen LogP contribution in [0, 0.1) is 0 Å². The molecular formula is C16H22N2O. The molecule has 2 aliphatic rings. The van der Waals surface area contributed by atoms with Crippen molar-refractivity contribution in [2.45, 2.75) is 37.6 Å². The summed E-state index contributed by atoms with van der Waals surface area (Å²) in [7, 11) is 3.92. The second-order valence-electron chi connectivity index (χ2n) is 5.67. The fraction of sp³-hybridized carbons (Fsp3) is 0.562. The third kappa shape index (κ3) is 2.06. The molecule has 0 atom stereocenters. The quantitative estimate of drug-likeness (QED) is 0.814. The van der Waals surface area contributed by atoms with Gasteiger partial charge in [0.15, 0.2) is 0 Å². The van der Waals surface area contributed by atoms with Crippen LogP contribution in [0.1, 0.15) is 37.7 Å². The third-order valence-electron chi connectivity index (χ3n) is 4.66. The van der Waals surface area contributed by atoms with Crippen LogP contribution in [0.3, 0.4) is 0 Å². The zero-order valence-corrected chi connectivity index (χ0v) is 11.9. The van der Waals surface area contributed by atoms with Crippen molar-refractivity contribution in [2.75, 3.05) is 20.8 Å². The largest absolute Gasteiger partial charge is 0.497 e. The predicted molar refractivity (Wildman–Crippen MR) is 78.0 cm³/mol. The first-order valence-corrected chi connectivity index (χ1v) is 7.17. The summed E-state index contributed by atoms with van der Waals surface area (Å²) in [5.74, 6) is 0.911. The molecule has 1 aromatic carbocycles. The van der Waals surface area contributed by atoms with Crippen LogP contribution in [0.4, 0.5) is 0 Å². The molecule has 19 heavy (non-hydrogen) atoms. The van der Waals surface area contributed by atoms with Crippen LogP contribution in [0.15, 0.2) is 29.3 Å². The fourth-order valence-corrected chi connectivity index (χ4v) is 3.50. The van der Waals surface area contributed by atoms with E-state index < -0.39 is 0 Å². The lowest BCUT2D eigenvalue weighted by atomic mass is 9.76. The molecule has 0 radical (unpaired) electrons. The van der Waals surface area contributed by atoms with Crippen molar-refractivity contribution < 1.29 is 4.74 Å². The zero-order chi connectivity index (χ0) is 13.3. The Morgan fingerprint density at radius 3 is 2.42 bits per heavy atom. The number of aliphatic imine (C=N–C) groups is 1. The summed E-state index contributed by atoms with van der Waals surface area (Å²) in [6.07, 6.45) is 6.49. The van der Waals surface area contributed by atoms with Crippen molar-refractivity contribution in [3.8, 4) is 5.75 Å². The monoisotopic (exact) mass is 258 g/mol. The number of ether oxygens (including phenoxy) is 1. The molecule has 1 aromatic rings. The van der Waals surface area contributed by atoms with Crippen LogP contribution in [-0.4, -0.2) is 37.0 Å². The van der Waals surface area contributed by atoms with Crippen molar-refractivity contribution in [1.82, 2.24) is 4.90 Å². The number of rotatable bonds is 2. The number of likely N-dealkylation sites (N-methyl/N-ethyl adjacent to an activating group) is 1. The van der Waals surface area contributed by atoms with E-state index in [4.69, 9.17) is 9.73 Å². The molecule has 3 heteroatoms. The van der Waals surface area contributed by atoms with Crippen molar-refractivity contribution >= 4 is 5.71 Å². The summed E-state index contributed by atoms with van der Waals surface area (Å²) < 4.78 is 5.24. The Hall–Kier alpha value is -1.35. The van der Waals surface area contributed by atoms with E-state index in [9.17, 15) is 0 Å². The Morgan fingerprint density at radius 1 is 1.11 bits per heavy atom. The second kappa shape index (κ2) is 4.97. The summed E-state index contributed by atoms with van der Waals surface area (Å²) in [4.78, 5) is 7.26. The molecule has 1 heterocycles. The van der Waals surface area contributed by atoms with E-state index in [-0.39, 0.29) is 5.54 Å². The van der Waals surface area contributed by atoms with Gasteiger partial charge in [-0.15, -0.1) is 0 Å². The fourth-order valence-electron chi connectivity index (χ4n) is 3.50. The van der Waals surface area contributed by atoms with Crippen molar-refractivity contribution in [3.63, 3.8) is 0 Å². The van der Waals surface area contributed by atoms with Gasteiger partial charge >= 0.3 is 0 Å². The topological polar surface area (TPSA) is 24.8 Å². The van der Waals surface area contributed by atoms with Crippen molar-refractivity contribution in [3.05, 3.63) is 29.8 Å². The highest BCUT2D eigenvalue weighted by molar-refractivity contribution is 6.08. The van der Waals surface area contributed by atoms with Crippen molar-refractivity contribution in [1.29, 1.82) is 0 Å². The lowest BCUT2D eigenvalue weighted by Crippen LogP contribution is -2.50. The summed E-state index contributed by atoms with van der Waals surface area (Å²) in [5.41, 5.74) is 2.73. The van der Waals surface area contributed by atoms with Gasteiger partial charge < -0.3 is 4.74 Å². The Labute approximate surface area is 115 Å². The summed E-state index contributed by atoms with van der Waals surface area (Å²) in [6, 6.07) is 8.36. The van der Waals surface area contributed by atoms with E-state index in [1.165, 1.54) is 43.4 Å². The molecule has 3 rings (SSSR count). The number of nitrogens with zero attached hydrogens (tertiary/aromatic N) is 2. The van der Waals surface area contributed by atoms with Crippen LogP contribution in [-0.2, 0) is 0 Å². The van der Waals surface area contributed by atoms with E-state index in [1.54, 1.807) is 7.11 Å². The first-order valence-electron chi connectivity index (χ1n) is 7.17. The van der Waals surface area contributed by atoms with Crippen molar-refractivity contribution in [2.24, 2.45) is 4.99 Å². The standard InChI is InChI=1S/C16H22N2O/c1-18-12-17-15(16(18)10-4-3-5-11-16)13-6-8-14(19-2)9-7-13/h6-9H,3-5,10-12H2,1-2H3. The first-order chi connectivity index (χ1) is 9.26. The zero-order valence-electron chi connectivity index (χ0n) is 11.9. The lowest BCUT2D eigenvalue weighted by Gasteiger charge is -2.40. The van der Waals surface area contributed by atoms with Gasteiger partial charge in [0, 0.05) is 0 Å². The van der Waals surface area contributed by atoms with Gasteiger partial charge in [-0.2, -0.15) is 0 Å². The second-order valence-corrected chi connectivity index (χ2v) is 5.67. The van der Waals surface area contributed by atoms with Gasteiger partial charge in [-0.1, -0.05) is 19.3 Å². The SMILES string of the molecule is COc1ccc(C2=NCN(C)C23CCCCC3)cc1. The van der Waals surface area contributed by atoms with Gasteiger partial charge in [0.2, 0.25) is 0 Å². The molecule has 0 bridgehead atoms. The molecule has 1 aliphatic carbocycles. The maximum Gasteiger partial charge on any atom is 0.118 e. The van der Waals surface area contributed by atoms with E-state index >= 15 is 0 Å². The smallest absolute Gasteiger partial charge is 0.118 e. The van der Waals surface area contributed by atoms with Crippen LogP contribution < -0.4 is 4.74 Å². The Morgan fingerprint density at radius 2 is 1.79 bits per heavy atom. The summed E-state index contributed by atoms with van der Waals surface area (Å²) in [6.45, 7) is 0.835. The first kappa shape index (κ1) is 12.7. The van der Waals surface area contributed by atoms with Gasteiger partial charge in [0.25, 0.3) is 0 Å². The number of benzene rings is 1. The normalized spacial score (nSPS) is 22.5. The average Bonchev–Trinajstić information content (AvgIpc) is 2.77. The molecule has 0 saturated heterocycles. The summed E-state index contributed by atoms with van der Waals surface area (Å²) >= 11 is 0. The molecule has 1 spiro atoms. The van der Waals surface area contributed by atoms with E-state index in [0.717, 1.165) is 12.4 Å². The molecule has 1 aliphatic heterocycles. The van der Waals surface area contributed by atoms with Crippen LogP contribution >= 0.6 is 0 Å². The maximum atomic E-state index is 5.24. The van der Waals surface area contributed by atoms with E-state index in [0.29, 0.717) is 0 Å². The molecule has 0 amide bonds. The Kier molecular flexibility index (Phi) is 3.31. The van der Waals surface area contributed by atoms with Gasteiger partial charge in [0.05, 0.1) is 25.0 Å².